The lowest BCUT2D eigenvalue weighted by atomic mass is 10.1. The number of nitrogens with zero attached hydrogens (tertiary/aromatic N) is 2. The van der Waals surface area contributed by atoms with Gasteiger partial charge in [0.2, 0.25) is 0 Å². The van der Waals surface area contributed by atoms with E-state index in [0.717, 1.165) is 49.5 Å². The van der Waals surface area contributed by atoms with Gasteiger partial charge in [0.05, 0.1) is 11.3 Å². The highest BCUT2D eigenvalue weighted by atomic mass is 16.5. The first-order valence-corrected chi connectivity index (χ1v) is 7.52. The molecule has 1 aromatic carbocycles. The summed E-state index contributed by atoms with van der Waals surface area (Å²) in [7, 11) is 3.72. The Labute approximate surface area is 128 Å². The number of nitriles is 1. The molecule has 0 aromatic heterocycles. The monoisotopic (exact) mass is 289 g/mol. The number of nitrogens with one attached hydrogen (secondary N) is 1. The van der Waals surface area contributed by atoms with Gasteiger partial charge in [-0.1, -0.05) is 19.9 Å². The summed E-state index contributed by atoms with van der Waals surface area (Å²) in [6.45, 7) is 7.79. The SMILES string of the molecule is COCCCN(C)c1ccc(CNCC(C)C)cc1C#N. The predicted molar refractivity (Wildman–Crippen MR) is 87.5 cm³/mol. The van der Waals surface area contributed by atoms with Gasteiger partial charge in [0.1, 0.15) is 6.07 Å². The molecule has 21 heavy (non-hydrogen) atoms. The number of anilines is 1. The number of benzene rings is 1. The number of ether oxygens (including phenoxy) is 1. The Hall–Kier alpha value is -1.57. The van der Waals surface area contributed by atoms with E-state index in [9.17, 15) is 5.26 Å². The van der Waals surface area contributed by atoms with Crippen molar-refractivity contribution in [1.29, 1.82) is 5.26 Å². The lowest BCUT2D eigenvalue weighted by molar-refractivity contribution is 0.196. The molecule has 1 rings (SSSR count). The first kappa shape index (κ1) is 17.5. The molecule has 0 fully saturated rings. The van der Waals surface area contributed by atoms with Gasteiger partial charge >= 0.3 is 0 Å². The molecule has 0 heterocycles. The van der Waals surface area contributed by atoms with Crippen molar-refractivity contribution in [3.8, 4) is 6.07 Å². The third kappa shape index (κ3) is 6.16. The molecule has 0 spiro atoms. The van der Waals surface area contributed by atoms with Gasteiger partial charge in [-0.3, -0.25) is 0 Å². The molecule has 0 aliphatic rings. The van der Waals surface area contributed by atoms with Crippen molar-refractivity contribution in [1.82, 2.24) is 5.32 Å². The molecule has 4 nitrogen and oxygen atoms in total. The van der Waals surface area contributed by atoms with E-state index in [1.807, 2.05) is 19.2 Å². The fourth-order valence-electron chi connectivity index (χ4n) is 2.19. The molecule has 0 bridgehead atoms. The Balaban J connectivity index is 2.68. The molecule has 0 unspecified atom stereocenters. The summed E-state index contributed by atoms with van der Waals surface area (Å²) in [5.41, 5.74) is 2.88. The summed E-state index contributed by atoms with van der Waals surface area (Å²) < 4.78 is 5.07. The van der Waals surface area contributed by atoms with Crippen LogP contribution in [-0.2, 0) is 11.3 Å². The second kappa shape index (κ2) is 9.38. The summed E-state index contributed by atoms with van der Waals surface area (Å²) in [4.78, 5) is 2.11. The quantitative estimate of drug-likeness (QED) is 0.710. The average molecular weight is 289 g/mol. The third-order valence-corrected chi connectivity index (χ3v) is 3.32. The van der Waals surface area contributed by atoms with Crippen molar-refractivity contribution in [2.45, 2.75) is 26.8 Å². The van der Waals surface area contributed by atoms with Crippen LogP contribution in [0.5, 0.6) is 0 Å². The largest absolute Gasteiger partial charge is 0.385 e. The predicted octanol–water partition coefficient (Wildman–Crippen LogP) is 2.78. The van der Waals surface area contributed by atoms with Crippen LogP contribution in [0.3, 0.4) is 0 Å². The van der Waals surface area contributed by atoms with E-state index < -0.39 is 0 Å². The Morgan fingerprint density at radius 2 is 2.14 bits per heavy atom. The minimum absolute atomic E-state index is 0.631. The third-order valence-electron chi connectivity index (χ3n) is 3.32. The Morgan fingerprint density at radius 1 is 1.38 bits per heavy atom. The van der Waals surface area contributed by atoms with Crippen molar-refractivity contribution in [3.63, 3.8) is 0 Å². The van der Waals surface area contributed by atoms with E-state index in [-0.39, 0.29) is 0 Å². The van der Waals surface area contributed by atoms with Crippen molar-refractivity contribution < 1.29 is 4.74 Å². The van der Waals surface area contributed by atoms with E-state index in [4.69, 9.17) is 4.74 Å². The average Bonchev–Trinajstić information content (AvgIpc) is 2.46. The van der Waals surface area contributed by atoms with E-state index in [0.29, 0.717) is 5.92 Å². The lowest BCUT2D eigenvalue weighted by Crippen LogP contribution is -2.21. The second-order valence-corrected chi connectivity index (χ2v) is 5.76. The molecule has 1 N–H and O–H groups in total. The van der Waals surface area contributed by atoms with Gasteiger partial charge in [-0.25, -0.2) is 0 Å². The smallest absolute Gasteiger partial charge is 0.101 e. The van der Waals surface area contributed by atoms with Gasteiger partial charge < -0.3 is 15.0 Å². The fraction of sp³-hybridized carbons (Fsp3) is 0.588. The summed E-state index contributed by atoms with van der Waals surface area (Å²) in [5.74, 6) is 0.631. The summed E-state index contributed by atoms with van der Waals surface area (Å²) in [6.07, 6.45) is 0.954. The standard InChI is InChI=1S/C17H27N3O/c1-14(2)12-19-13-15-6-7-17(16(10-15)11-18)20(3)8-5-9-21-4/h6-7,10,14,19H,5,8-9,12-13H2,1-4H3. The Kier molecular flexibility index (Phi) is 7.81. The van der Waals surface area contributed by atoms with Crippen LogP contribution in [0.4, 0.5) is 5.69 Å². The normalized spacial score (nSPS) is 10.7. The molecule has 116 valence electrons. The highest BCUT2D eigenvalue weighted by Crippen LogP contribution is 2.20. The number of hydrogen-bond acceptors (Lipinski definition) is 4. The molecule has 0 saturated carbocycles. The molecule has 0 radical (unpaired) electrons. The summed E-state index contributed by atoms with van der Waals surface area (Å²) >= 11 is 0. The second-order valence-electron chi connectivity index (χ2n) is 5.76. The summed E-state index contributed by atoms with van der Waals surface area (Å²) in [5, 5.41) is 12.8. The minimum Gasteiger partial charge on any atom is -0.385 e. The zero-order chi connectivity index (χ0) is 15.7. The maximum Gasteiger partial charge on any atom is 0.101 e. The van der Waals surface area contributed by atoms with Crippen LogP contribution >= 0.6 is 0 Å². The number of hydrogen-bond donors (Lipinski definition) is 1. The van der Waals surface area contributed by atoms with Gasteiger partial charge in [-0.2, -0.15) is 5.26 Å². The van der Waals surface area contributed by atoms with Crippen molar-refractivity contribution >= 4 is 5.69 Å². The van der Waals surface area contributed by atoms with Crippen LogP contribution in [0.25, 0.3) is 0 Å². The van der Waals surface area contributed by atoms with Crippen LogP contribution in [0, 0.1) is 17.2 Å². The van der Waals surface area contributed by atoms with Gasteiger partial charge in [0.15, 0.2) is 0 Å². The lowest BCUT2D eigenvalue weighted by Gasteiger charge is -2.21. The zero-order valence-electron chi connectivity index (χ0n) is 13.6. The topological polar surface area (TPSA) is 48.3 Å². The van der Waals surface area contributed by atoms with Gasteiger partial charge in [0.25, 0.3) is 0 Å². The Bertz CT molecular complexity index is 466. The highest BCUT2D eigenvalue weighted by Gasteiger charge is 2.08. The molecule has 0 aliphatic carbocycles. The van der Waals surface area contributed by atoms with Crippen LogP contribution in [-0.4, -0.2) is 33.9 Å². The molecule has 0 aliphatic heterocycles. The van der Waals surface area contributed by atoms with Crippen molar-refractivity contribution in [2.75, 3.05) is 38.8 Å². The van der Waals surface area contributed by atoms with E-state index in [2.05, 4.69) is 36.2 Å². The van der Waals surface area contributed by atoms with E-state index in [1.165, 1.54) is 0 Å². The zero-order valence-corrected chi connectivity index (χ0v) is 13.6. The molecular weight excluding hydrogens is 262 g/mol. The van der Waals surface area contributed by atoms with E-state index >= 15 is 0 Å². The minimum atomic E-state index is 0.631. The highest BCUT2D eigenvalue weighted by molar-refractivity contribution is 5.60. The summed E-state index contributed by atoms with van der Waals surface area (Å²) in [6, 6.07) is 8.42. The molecule has 0 saturated heterocycles. The first-order valence-electron chi connectivity index (χ1n) is 7.52. The number of rotatable bonds is 9. The molecular formula is C17H27N3O. The number of methoxy groups -OCH3 is 1. The van der Waals surface area contributed by atoms with Crippen molar-refractivity contribution in [3.05, 3.63) is 29.3 Å². The fourth-order valence-corrected chi connectivity index (χ4v) is 2.19. The van der Waals surface area contributed by atoms with Crippen LogP contribution in [0.15, 0.2) is 18.2 Å². The maximum atomic E-state index is 9.36. The van der Waals surface area contributed by atoms with Crippen molar-refractivity contribution in [2.24, 2.45) is 5.92 Å². The van der Waals surface area contributed by atoms with Crippen LogP contribution in [0.2, 0.25) is 0 Å². The molecule has 0 atom stereocenters. The van der Waals surface area contributed by atoms with Gasteiger partial charge in [0, 0.05) is 33.9 Å². The first-order chi connectivity index (χ1) is 10.1. The molecule has 1 aromatic rings. The van der Waals surface area contributed by atoms with Crippen LogP contribution in [0.1, 0.15) is 31.4 Å². The Morgan fingerprint density at radius 3 is 2.76 bits per heavy atom. The van der Waals surface area contributed by atoms with Gasteiger partial charge in [-0.05, 0) is 36.6 Å². The molecule has 4 heteroatoms. The van der Waals surface area contributed by atoms with Gasteiger partial charge in [-0.15, -0.1) is 0 Å². The van der Waals surface area contributed by atoms with Crippen LogP contribution < -0.4 is 10.2 Å². The maximum absolute atomic E-state index is 9.36. The molecule has 0 amide bonds. The van der Waals surface area contributed by atoms with E-state index in [1.54, 1.807) is 7.11 Å².